The van der Waals surface area contributed by atoms with Crippen molar-refractivity contribution in [2.45, 2.75) is 25.3 Å². The van der Waals surface area contributed by atoms with Crippen molar-refractivity contribution >= 4 is 44.5 Å². The van der Waals surface area contributed by atoms with E-state index in [4.69, 9.17) is 12.2 Å². The molecule has 4 amide bonds. The Morgan fingerprint density at radius 2 is 1.81 bits per heavy atom. The molecule has 2 atom stereocenters. The number of rotatable bonds is 7. The van der Waals surface area contributed by atoms with E-state index in [1.54, 1.807) is 14.8 Å². The summed E-state index contributed by atoms with van der Waals surface area (Å²) >= 11 is 1.39. The van der Waals surface area contributed by atoms with E-state index < -0.39 is 18.2 Å². The third kappa shape index (κ3) is 5.13. The van der Waals surface area contributed by atoms with Crippen molar-refractivity contribution in [2.75, 3.05) is 25.4 Å². The first kappa shape index (κ1) is 27.3. The molecule has 0 saturated carbocycles. The molecule has 42 heavy (non-hydrogen) atoms. The predicted octanol–water partition coefficient (Wildman–Crippen LogP) is 3.19. The number of urea groups is 1. The van der Waals surface area contributed by atoms with Crippen molar-refractivity contribution in [1.82, 2.24) is 30.1 Å². The summed E-state index contributed by atoms with van der Waals surface area (Å²) in [6.45, 7) is 0.615. The normalized spacial score (nSPS) is 18.6. The number of nitrogens with zero attached hydrogens (tertiary/aromatic N) is 5. The van der Waals surface area contributed by atoms with Gasteiger partial charge in [-0.05, 0) is 22.8 Å². The summed E-state index contributed by atoms with van der Waals surface area (Å²) in [4.78, 5) is 49.0. The van der Waals surface area contributed by atoms with Crippen molar-refractivity contribution in [3.8, 4) is 12.3 Å². The molecule has 4 aromatic rings. The van der Waals surface area contributed by atoms with Crippen LogP contribution in [0.3, 0.4) is 0 Å². The fourth-order valence-electron chi connectivity index (χ4n) is 5.63. The van der Waals surface area contributed by atoms with Crippen LogP contribution in [0.2, 0.25) is 0 Å². The van der Waals surface area contributed by atoms with Crippen molar-refractivity contribution in [3.63, 3.8) is 0 Å². The quantitative estimate of drug-likeness (QED) is 0.325. The molecular formula is C31H29N7O3S. The van der Waals surface area contributed by atoms with E-state index in [0.717, 1.165) is 21.3 Å². The lowest BCUT2D eigenvalue weighted by Crippen LogP contribution is -2.62. The summed E-state index contributed by atoms with van der Waals surface area (Å²) in [7, 11) is 0. The molecule has 3 aromatic carbocycles. The number of nitrogen functional groups attached to an aromatic ring is 1. The van der Waals surface area contributed by atoms with Crippen LogP contribution in [-0.2, 0) is 22.7 Å². The van der Waals surface area contributed by atoms with Crippen LogP contribution in [0.4, 0.5) is 9.93 Å². The minimum absolute atomic E-state index is 0.0421. The molecular weight excluding hydrogens is 550 g/mol. The lowest BCUT2D eigenvalue weighted by molar-refractivity contribution is -0.158. The highest BCUT2D eigenvalue weighted by Gasteiger charge is 2.52. The molecule has 0 aliphatic carbocycles. The van der Waals surface area contributed by atoms with E-state index >= 15 is 0 Å². The van der Waals surface area contributed by atoms with Crippen molar-refractivity contribution in [3.05, 3.63) is 95.6 Å². The second-order valence-corrected chi connectivity index (χ2v) is 11.2. The molecule has 1 aromatic heterocycles. The fraction of sp³-hybridized carbons (Fsp3) is 0.226. The molecule has 0 bridgehead atoms. The fourth-order valence-corrected chi connectivity index (χ4v) is 6.41. The maximum atomic E-state index is 14.1. The maximum absolute atomic E-state index is 14.1. The number of benzene rings is 3. The van der Waals surface area contributed by atoms with Crippen molar-refractivity contribution in [1.29, 1.82) is 0 Å². The minimum atomic E-state index is -0.859. The highest BCUT2D eigenvalue weighted by Crippen LogP contribution is 2.37. The largest absolute Gasteiger partial charge is 0.375 e. The third-order valence-electron chi connectivity index (χ3n) is 7.53. The van der Waals surface area contributed by atoms with Crippen LogP contribution in [0, 0.1) is 12.3 Å². The number of carbonyl (C=O) groups excluding carboxylic acids is 3. The van der Waals surface area contributed by atoms with Gasteiger partial charge in [-0.1, -0.05) is 90.1 Å². The van der Waals surface area contributed by atoms with E-state index in [1.807, 2.05) is 78.9 Å². The maximum Gasteiger partial charge on any atom is 0.333 e. The molecule has 2 fully saturated rings. The number of thiazole rings is 1. The SMILES string of the molecule is C#CCN(C(=O)NCc1ccccc1)N1CC(=O)N2[C@@H](c3ccccc3)C(=O)N(Cc3cccc4sc(N)nc34)C[C@@H]21. The zero-order chi connectivity index (χ0) is 29.2. The van der Waals surface area contributed by atoms with Gasteiger partial charge in [0.2, 0.25) is 5.91 Å². The van der Waals surface area contributed by atoms with Gasteiger partial charge < -0.3 is 20.9 Å². The molecule has 3 heterocycles. The smallest absolute Gasteiger partial charge is 0.333 e. The summed E-state index contributed by atoms with van der Waals surface area (Å²) < 4.78 is 0.934. The van der Waals surface area contributed by atoms with Gasteiger partial charge in [0.05, 0.1) is 29.9 Å². The van der Waals surface area contributed by atoms with Gasteiger partial charge in [0.15, 0.2) is 5.13 Å². The van der Waals surface area contributed by atoms with E-state index in [1.165, 1.54) is 16.3 Å². The van der Waals surface area contributed by atoms with Crippen LogP contribution in [-0.4, -0.2) is 68.4 Å². The Morgan fingerprint density at radius 3 is 2.55 bits per heavy atom. The lowest BCUT2D eigenvalue weighted by atomic mass is 10.00. The Kier molecular flexibility index (Phi) is 7.48. The number of nitrogens with two attached hydrogens (primary N) is 1. The van der Waals surface area contributed by atoms with Gasteiger partial charge in [0, 0.05) is 13.1 Å². The zero-order valence-corrected chi connectivity index (χ0v) is 23.5. The van der Waals surface area contributed by atoms with E-state index in [-0.39, 0.29) is 38.0 Å². The number of aromatic nitrogens is 1. The van der Waals surface area contributed by atoms with Crippen molar-refractivity contribution in [2.24, 2.45) is 0 Å². The second kappa shape index (κ2) is 11.5. The Morgan fingerprint density at radius 1 is 1.07 bits per heavy atom. The molecule has 0 radical (unpaired) electrons. The number of terminal acetylenes is 1. The standard InChI is InChI=1S/C31H29N7O3S/c1-2-16-36(31(41)33-17-21-10-5-3-6-11-21)37-20-26(39)38-25(37)19-35(29(40)28(38)22-12-7-4-8-13-22)18-23-14-9-15-24-27(23)34-30(32)42-24/h1,3-15,25,28H,16-20H2,(H2,32,34)(H,33,41)/t25-,28+/m1/s1. The molecule has 0 spiro atoms. The van der Waals surface area contributed by atoms with Gasteiger partial charge >= 0.3 is 6.03 Å². The van der Waals surface area contributed by atoms with Gasteiger partial charge in [-0.15, -0.1) is 6.42 Å². The number of para-hydroxylation sites is 1. The zero-order valence-electron chi connectivity index (χ0n) is 22.7. The topological polar surface area (TPSA) is 115 Å². The first-order valence-electron chi connectivity index (χ1n) is 13.5. The van der Waals surface area contributed by atoms with Gasteiger partial charge in [-0.25, -0.2) is 14.8 Å². The number of amides is 4. The molecule has 212 valence electrons. The number of carbonyl (C=O) groups is 3. The van der Waals surface area contributed by atoms with E-state index in [2.05, 4.69) is 16.2 Å². The minimum Gasteiger partial charge on any atom is -0.375 e. The molecule has 0 unspecified atom stereocenters. The number of piperazine rings is 1. The Hall–Kier alpha value is -4.92. The van der Waals surface area contributed by atoms with E-state index in [9.17, 15) is 14.4 Å². The van der Waals surface area contributed by atoms with Crippen LogP contribution in [0.5, 0.6) is 0 Å². The van der Waals surface area contributed by atoms with Gasteiger partial charge in [-0.2, -0.15) is 5.01 Å². The number of fused-ring (bicyclic) bond motifs is 2. The number of anilines is 1. The number of hydrogen-bond acceptors (Lipinski definition) is 7. The Bertz CT molecular complexity index is 1670. The molecule has 2 saturated heterocycles. The monoisotopic (exact) mass is 579 g/mol. The molecule has 2 aliphatic rings. The Balaban J connectivity index is 1.33. The molecule has 6 rings (SSSR count). The number of nitrogens with one attached hydrogen (secondary N) is 1. The second-order valence-electron chi connectivity index (χ2n) is 10.1. The van der Waals surface area contributed by atoms with Gasteiger partial charge in [0.25, 0.3) is 5.91 Å². The van der Waals surface area contributed by atoms with Crippen LogP contribution in [0.1, 0.15) is 22.7 Å². The summed E-state index contributed by atoms with van der Waals surface area (Å²) in [5, 5.41) is 6.44. The first-order valence-corrected chi connectivity index (χ1v) is 14.3. The number of hydrogen-bond donors (Lipinski definition) is 2. The highest BCUT2D eigenvalue weighted by atomic mass is 32.1. The molecule has 3 N–H and O–H groups in total. The van der Waals surface area contributed by atoms with E-state index in [0.29, 0.717) is 17.2 Å². The van der Waals surface area contributed by atoms with Gasteiger partial charge in [0.1, 0.15) is 12.2 Å². The average molecular weight is 580 g/mol. The third-order valence-corrected chi connectivity index (χ3v) is 8.38. The van der Waals surface area contributed by atoms with Crippen LogP contribution in [0.25, 0.3) is 10.2 Å². The summed E-state index contributed by atoms with van der Waals surface area (Å²) in [5.74, 6) is 2.09. The molecule has 2 aliphatic heterocycles. The highest BCUT2D eigenvalue weighted by molar-refractivity contribution is 7.22. The summed E-state index contributed by atoms with van der Waals surface area (Å²) in [6, 6.07) is 23.3. The van der Waals surface area contributed by atoms with Crippen LogP contribution >= 0.6 is 11.3 Å². The summed E-state index contributed by atoms with van der Waals surface area (Å²) in [5.41, 5.74) is 9.22. The Labute approximate surface area is 247 Å². The molecule has 11 heteroatoms. The van der Waals surface area contributed by atoms with Gasteiger partial charge in [-0.3, -0.25) is 9.59 Å². The predicted molar refractivity (Wildman–Crippen MR) is 160 cm³/mol. The van der Waals surface area contributed by atoms with Crippen molar-refractivity contribution < 1.29 is 14.4 Å². The summed E-state index contributed by atoms with van der Waals surface area (Å²) in [6.07, 6.45) is 5.08. The molecule has 10 nitrogen and oxygen atoms in total. The number of hydrazine groups is 1. The lowest BCUT2D eigenvalue weighted by Gasteiger charge is -2.46. The first-order chi connectivity index (χ1) is 20.4. The average Bonchev–Trinajstić information content (AvgIpc) is 3.55. The van der Waals surface area contributed by atoms with Crippen LogP contribution < -0.4 is 11.1 Å². The van der Waals surface area contributed by atoms with Crippen LogP contribution in [0.15, 0.2) is 78.9 Å².